The number of fused-ring (bicyclic) bond motifs is 1. The van der Waals surface area contributed by atoms with Crippen LogP contribution in [0.25, 0.3) is 11.1 Å². The first kappa shape index (κ1) is 30.3. The van der Waals surface area contributed by atoms with E-state index in [1.54, 1.807) is 7.11 Å². The van der Waals surface area contributed by atoms with Crippen molar-refractivity contribution in [2.75, 3.05) is 33.1 Å². The highest BCUT2D eigenvalue weighted by atomic mass is 32.2. The summed E-state index contributed by atoms with van der Waals surface area (Å²) < 4.78 is 52.1. The van der Waals surface area contributed by atoms with E-state index >= 15 is 0 Å². The number of hydrogen-bond acceptors (Lipinski definition) is 6. The first-order valence-electron chi connectivity index (χ1n) is 13.4. The molecule has 1 N–H and O–H groups in total. The number of carbonyl (C=O) groups is 1. The Morgan fingerprint density at radius 3 is 2.41 bits per heavy atom. The lowest BCUT2D eigenvalue weighted by atomic mass is 9.94. The minimum Gasteiger partial charge on any atom is -0.497 e. The molecule has 0 aliphatic carbocycles. The summed E-state index contributed by atoms with van der Waals surface area (Å²) >= 11 is 0. The highest BCUT2D eigenvalue weighted by Gasteiger charge is 2.28. The van der Waals surface area contributed by atoms with Crippen molar-refractivity contribution in [3.8, 4) is 28.4 Å². The molecule has 5 rings (SSSR count). The van der Waals surface area contributed by atoms with Gasteiger partial charge < -0.3 is 19.3 Å². The van der Waals surface area contributed by atoms with Crippen LogP contribution in [-0.4, -0.2) is 63.0 Å². The number of carboxylic acids is 1. The standard InChI is InChI=1S/C26H26O5.C5H10FNO2S/c1-16-9-22(29-3)10-17(2)26(16)19-6-4-5-18(11-19)14-30-21-7-8-23-20(12-25(27)28)15-31-24(23)13-21;1-10(8,9)7-3-2-5(6)4-7/h4-11,13,20H,12,14-15H2,1-3H3,(H,27,28);5H,2-4H2,1H3. The number of methoxy groups -OCH3 is 1. The van der Waals surface area contributed by atoms with E-state index < -0.39 is 22.2 Å². The molecular weight excluding hydrogens is 549 g/mol. The van der Waals surface area contributed by atoms with Crippen LogP contribution >= 0.6 is 0 Å². The van der Waals surface area contributed by atoms with Crippen LogP contribution in [0.1, 0.15) is 41.0 Å². The van der Waals surface area contributed by atoms with E-state index in [1.807, 2.05) is 42.5 Å². The molecule has 2 atom stereocenters. The molecule has 3 aromatic carbocycles. The molecule has 41 heavy (non-hydrogen) atoms. The number of nitrogens with zero attached hydrogens (tertiary/aromatic N) is 1. The average molecular weight is 586 g/mol. The Morgan fingerprint density at radius 1 is 1.10 bits per heavy atom. The van der Waals surface area contributed by atoms with Crippen LogP contribution in [0.15, 0.2) is 54.6 Å². The first-order chi connectivity index (χ1) is 19.4. The molecule has 0 aromatic heterocycles. The number of carboxylic acid groups (broad SMARTS) is 1. The lowest BCUT2D eigenvalue weighted by Crippen LogP contribution is -2.27. The van der Waals surface area contributed by atoms with E-state index in [2.05, 4.69) is 26.0 Å². The van der Waals surface area contributed by atoms with E-state index in [0.29, 0.717) is 37.7 Å². The second-order valence-electron chi connectivity index (χ2n) is 10.4. The second-order valence-corrected chi connectivity index (χ2v) is 12.4. The Morgan fingerprint density at radius 2 is 1.83 bits per heavy atom. The molecule has 0 saturated carbocycles. The summed E-state index contributed by atoms with van der Waals surface area (Å²) in [7, 11) is -1.46. The molecule has 10 heteroatoms. The molecule has 1 fully saturated rings. The smallest absolute Gasteiger partial charge is 0.304 e. The molecule has 2 heterocycles. The number of rotatable bonds is 8. The number of benzene rings is 3. The second kappa shape index (κ2) is 12.9. The molecular formula is C31H36FNO7S. The number of hydrogen-bond donors (Lipinski definition) is 1. The quantitative estimate of drug-likeness (QED) is 0.373. The van der Waals surface area contributed by atoms with Crippen molar-refractivity contribution in [3.63, 3.8) is 0 Å². The predicted octanol–water partition coefficient (Wildman–Crippen LogP) is 5.50. The fraction of sp³-hybridized carbons (Fsp3) is 0.387. The maximum absolute atomic E-state index is 12.4. The van der Waals surface area contributed by atoms with Gasteiger partial charge in [-0.15, -0.1) is 0 Å². The Labute approximate surface area is 240 Å². The molecule has 0 radical (unpaired) electrons. The zero-order valence-electron chi connectivity index (χ0n) is 23.7. The predicted molar refractivity (Wildman–Crippen MR) is 155 cm³/mol. The van der Waals surface area contributed by atoms with Gasteiger partial charge in [-0.3, -0.25) is 4.79 Å². The minimum absolute atomic E-state index is 0.0405. The van der Waals surface area contributed by atoms with Gasteiger partial charge in [0.2, 0.25) is 10.0 Å². The third-order valence-electron chi connectivity index (χ3n) is 7.21. The number of sulfonamides is 1. The fourth-order valence-corrected chi connectivity index (χ4v) is 6.07. The number of alkyl halides is 1. The summed E-state index contributed by atoms with van der Waals surface area (Å²) in [5, 5.41) is 9.04. The molecule has 8 nitrogen and oxygen atoms in total. The minimum atomic E-state index is -3.14. The highest BCUT2D eigenvalue weighted by molar-refractivity contribution is 7.88. The lowest BCUT2D eigenvalue weighted by Gasteiger charge is -2.14. The number of aryl methyl sites for hydroxylation is 2. The number of aliphatic carboxylic acids is 1. The topological polar surface area (TPSA) is 102 Å². The fourth-order valence-electron chi connectivity index (χ4n) is 5.20. The number of ether oxygens (including phenoxy) is 3. The Kier molecular flexibility index (Phi) is 9.55. The van der Waals surface area contributed by atoms with E-state index in [9.17, 15) is 17.6 Å². The van der Waals surface area contributed by atoms with Crippen LogP contribution in [-0.2, 0) is 21.4 Å². The van der Waals surface area contributed by atoms with Crippen LogP contribution in [0.5, 0.6) is 17.2 Å². The van der Waals surface area contributed by atoms with Crippen LogP contribution in [0.4, 0.5) is 4.39 Å². The summed E-state index contributed by atoms with van der Waals surface area (Å²) in [6, 6.07) is 18.1. The molecule has 0 amide bonds. The van der Waals surface area contributed by atoms with Gasteiger partial charge in [0.1, 0.15) is 30.0 Å². The average Bonchev–Trinajstić information content (AvgIpc) is 3.53. The Bertz CT molecular complexity index is 1490. The highest BCUT2D eigenvalue weighted by Crippen LogP contribution is 2.38. The molecule has 3 aromatic rings. The zero-order chi connectivity index (χ0) is 29.7. The molecule has 0 spiro atoms. The summed E-state index contributed by atoms with van der Waals surface area (Å²) in [5.41, 5.74) is 6.69. The number of halogens is 1. The maximum Gasteiger partial charge on any atom is 0.304 e. The van der Waals surface area contributed by atoms with Crippen LogP contribution in [0.2, 0.25) is 0 Å². The zero-order valence-corrected chi connectivity index (χ0v) is 24.5. The first-order valence-corrected chi connectivity index (χ1v) is 15.2. The van der Waals surface area contributed by atoms with Gasteiger partial charge in [-0.05, 0) is 72.4 Å². The molecule has 220 valence electrons. The third kappa shape index (κ3) is 7.77. The molecule has 1 saturated heterocycles. The summed E-state index contributed by atoms with van der Waals surface area (Å²) in [4.78, 5) is 11.0. The van der Waals surface area contributed by atoms with Crippen LogP contribution < -0.4 is 14.2 Å². The SMILES string of the molecule is COc1cc(C)c(-c2cccc(COc3ccc4c(c3)OCC4CC(=O)O)c2)c(C)c1.CS(=O)(=O)N1CCC(F)C1. The van der Waals surface area contributed by atoms with Crippen molar-refractivity contribution in [2.45, 2.75) is 45.4 Å². The lowest BCUT2D eigenvalue weighted by molar-refractivity contribution is -0.137. The van der Waals surface area contributed by atoms with Crippen LogP contribution in [0, 0.1) is 13.8 Å². The monoisotopic (exact) mass is 585 g/mol. The van der Waals surface area contributed by atoms with Crippen molar-refractivity contribution < 1.29 is 36.9 Å². The Hall–Kier alpha value is -3.63. The summed E-state index contributed by atoms with van der Waals surface area (Å²) in [6.45, 7) is 5.39. The van der Waals surface area contributed by atoms with Gasteiger partial charge in [0.05, 0.1) is 26.4 Å². The normalized spacial score (nSPS) is 18.2. The molecule has 2 aliphatic rings. The van der Waals surface area contributed by atoms with Gasteiger partial charge in [-0.1, -0.05) is 24.3 Å². The van der Waals surface area contributed by atoms with Crippen molar-refractivity contribution in [1.29, 1.82) is 0 Å². The Balaban J connectivity index is 0.000000328. The van der Waals surface area contributed by atoms with Gasteiger partial charge in [0, 0.05) is 30.6 Å². The van der Waals surface area contributed by atoms with Crippen molar-refractivity contribution in [2.24, 2.45) is 0 Å². The van der Waals surface area contributed by atoms with E-state index in [1.165, 1.54) is 16.7 Å². The van der Waals surface area contributed by atoms with Gasteiger partial charge in [-0.25, -0.2) is 12.8 Å². The van der Waals surface area contributed by atoms with E-state index in [0.717, 1.165) is 33.0 Å². The van der Waals surface area contributed by atoms with Gasteiger partial charge in [0.25, 0.3) is 0 Å². The summed E-state index contributed by atoms with van der Waals surface area (Å²) in [6.07, 6.45) is 0.553. The largest absolute Gasteiger partial charge is 0.497 e. The maximum atomic E-state index is 12.4. The third-order valence-corrected chi connectivity index (χ3v) is 8.48. The van der Waals surface area contributed by atoms with Gasteiger partial charge >= 0.3 is 5.97 Å². The van der Waals surface area contributed by atoms with Gasteiger partial charge in [-0.2, -0.15) is 4.31 Å². The van der Waals surface area contributed by atoms with E-state index in [4.69, 9.17) is 19.3 Å². The van der Waals surface area contributed by atoms with E-state index in [-0.39, 0.29) is 18.9 Å². The van der Waals surface area contributed by atoms with Gasteiger partial charge in [0.15, 0.2) is 0 Å². The molecule has 2 unspecified atom stereocenters. The van der Waals surface area contributed by atoms with Crippen molar-refractivity contribution in [1.82, 2.24) is 4.31 Å². The van der Waals surface area contributed by atoms with Crippen molar-refractivity contribution in [3.05, 3.63) is 76.9 Å². The van der Waals surface area contributed by atoms with Crippen LogP contribution in [0.3, 0.4) is 0 Å². The summed E-state index contributed by atoms with van der Waals surface area (Å²) in [5.74, 6) is 1.36. The molecule has 2 aliphatic heterocycles. The molecule has 0 bridgehead atoms. The van der Waals surface area contributed by atoms with Crippen molar-refractivity contribution >= 4 is 16.0 Å².